The van der Waals surface area contributed by atoms with Crippen molar-refractivity contribution in [3.63, 3.8) is 0 Å². The van der Waals surface area contributed by atoms with Gasteiger partial charge in [-0.25, -0.2) is 4.98 Å². The molecule has 0 aromatic carbocycles. The molecular formula is C8H12N8. The summed E-state index contributed by atoms with van der Waals surface area (Å²) in [5, 5.41) is 9.60. The van der Waals surface area contributed by atoms with Crippen molar-refractivity contribution in [2.24, 2.45) is 0 Å². The summed E-state index contributed by atoms with van der Waals surface area (Å²) < 4.78 is 0. The van der Waals surface area contributed by atoms with Gasteiger partial charge < -0.3 is 16.8 Å². The van der Waals surface area contributed by atoms with Crippen LogP contribution in [0.5, 0.6) is 0 Å². The highest BCUT2D eigenvalue weighted by molar-refractivity contribution is 5.49. The fourth-order valence-electron chi connectivity index (χ4n) is 1.27. The molecule has 2 aromatic heterocycles. The van der Waals surface area contributed by atoms with E-state index < -0.39 is 0 Å². The first-order chi connectivity index (χ1) is 7.65. The molecule has 0 aliphatic rings. The Kier molecular flexibility index (Phi) is 2.54. The number of aromatic nitrogens is 5. The van der Waals surface area contributed by atoms with Crippen molar-refractivity contribution in [1.29, 1.82) is 0 Å². The van der Waals surface area contributed by atoms with E-state index in [4.69, 9.17) is 11.5 Å². The molecule has 2 rings (SSSR count). The van der Waals surface area contributed by atoms with Crippen LogP contribution in [0.4, 0.5) is 17.6 Å². The number of aromatic amines is 1. The van der Waals surface area contributed by atoms with E-state index >= 15 is 0 Å². The molecule has 0 radical (unpaired) electrons. The van der Waals surface area contributed by atoms with Crippen LogP contribution in [0.1, 0.15) is 18.8 Å². The molecule has 0 amide bonds. The number of rotatable bonds is 3. The molecule has 1 unspecified atom stereocenters. The van der Waals surface area contributed by atoms with Gasteiger partial charge in [-0.15, -0.1) is 0 Å². The second-order valence-electron chi connectivity index (χ2n) is 3.27. The molecule has 0 saturated heterocycles. The smallest absolute Gasteiger partial charge is 0.223 e. The third-order valence-electron chi connectivity index (χ3n) is 1.97. The van der Waals surface area contributed by atoms with Gasteiger partial charge in [0, 0.05) is 6.07 Å². The van der Waals surface area contributed by atoms with Crippen LogP contribution in [0.25, 0.3) is 0 Å². The zero-order chi connectivity index (χ0) is 11.5. The minimum Gasteiger partial charge on any atom is -0.383 e. The van der Waals surface area contributed by atoms with Crippen LogP contribution < -0.4 is 16.8 Å². The zero-order valence-corrected chi connectivity index (χ0v) is 8.68. The third-order valence-corrected chi connectivity index (χ3v) is 1.97. The molecule has 8 nitrogen and oxygen atoms in total. The fourth-order valence-corrected chi connectivity index (χ4v) is 1.27. The van der Waals surface area contributed by atoms with Gasteiger partial charge in [0.25, 0.3) is 0 Å². The summed E-state index contributed by atoms with van der Waals surface area (Å²) in [5.74, 6) is 1.71. The molecule has 8 heteroatoms. The van der Waals surface area contributed by atoms with Gasteiger partial charge >= 0.3 is 0 Å². The van der Waals surface area contributed by atoms with Crippen LogP contribution >= 0.6 is 0 Å². The van der Waals surface area contributed by atoms with Crippen molar-refractivity contribution < 1.29 is 0 Å². The molecule has 0 saturated carbocycles. The average Bonchev–Trinajstić information content (AvgIpc) is 2.68. The Morgan fingerprint density at radius 1 is 1.38 bits per heavy atom. The summed E-state index contributed by atoms with van der Waals surface area (Å²) in [5.41, 5.74) is 11.0. The molecule has 2 aromatic rings. The second-order valence-corrected chi connectivity index (χ2v) is 3.27. The number of anilines is 3. The molecule has 0 aliphatic carbocycles. The molecule has 2 heterocycles. The Bertz CT molecular complexity index is 445. The first-order valence-corrected chi connectivity index (χ1v) is 4.67. The molecule has 0 bridgehead atoms. The Hall–Kier alpha value is -2.38. The van der Waals surface area contributed by atoms with Crippen LogP contribution in [-0.4, -0.2) is 25.1 Å². The van der Waals surface area contributed by atoms with Crippen LogP contribution in [0, 0.1) is 0 Å². The molecule has 1 atom stereocenters. The number of hydrogen-bond acceptors (Lipinski definition) is 7. The quantitative estimate of drug-likeness (QED) is 0.569. The van der Waals surface area contributed by atoms with Gasteiger partial charge in [-0.2, -0.15) is 15.1 Å². The standard InChI is InChI=1S/C8H12N8/c1-4(7-11-3-12-16-7)13-6-2-5(9)14-8(10)15-6/h2-4H,1H3,(H,11,12,16)(H5,9,10,13,14,15). The highest BCUT2D eigenvalue weighted by atomic mass is 15.2. The van der Waals surface area contributed by atoms with E-state index in [0.717, 1.165) is 0 Å². The minimum absolute atomic E-state index is 0.0730. The van der Waals surface area contributed by atoms with Gasteiger partial charge in [-0.3, -0.25) is 5.10 Å². The molecule has 0 spiro atoms. The van der Waals surface area contributed by atoms with Crippen molar-refractivity contribution >= 4 is 17.6 Å². The molecule has 84 valence electrons. The second kappa shape index (κ2) is 4.01. The van der Waals surface area contributed by atoms with Crippen molar-refractivity contribution in [3.05, 3.63) is 18.2 Å². The average molecular weight is 220 g/mol. The molecule has 16 heavy (non-hydrogen) atoms. The lowest BCUT2D eigenvalue weighted by Gasteiger charge is -2.11. The van der Waals surface area contributed by atoms with Crippen LogP contribution in [0.3, 0.4) is 0 Å². The van der Waals surface area contributed by atoms with Crippen molar-refractivity contribution in [3.8, 4) is 0 Å². The van der Waals surface area contributed by atoms with E-state index in [1.54, 1.807) is 6.07 Å². The summed E-state index contributed by atoms with van der Waals surface area (Å²) >= 11 is 0. The monoisotopic (exact) mass is 220 g/mol. The number of nitrogen functional groups attached to an aromatic ring is 2. The van der Waals surface area contributed by atoms with Gasteiger partial charge in [0.2, 0.25) is 5.95 Å². The Labute approximate surface area is 91.5 Å². The largest absolute Gasteiger partial charge is 0.383 e. The molecule has 0 fully saturated rings. The predicted octanol–water partition coefficient (Wildman–Crippen LogP) is -0.0678. The first-order valence-electron chi connectivity index (χ1n) is 4.67. The maximum Gasteiger partial charge on any atom is 0.223 e. The minimum atomic E-state index is -0.0730. The highest BCUT2D eigenvalue weighted by Crippen LogP contribution is 2.15. The summed E-state index contributed by atoms with van der Waals surface area (Å²) in [6.07, 6.45) is 1.44. The summed E-state index contributed by atoms with van der Waals surface area (Å²) in [6.45, 7) is 1.91. The lowest BCUT2D eigenvalue weighted by atomic mass is 10.3. The summed E-state index contributed by atoms with van der Waals surface area (Å²) in [6, 6.07) is 1.53. The van der Waals surface area contributed by atoms with E-state index in [9.17, 15) is 0 Å². The van der Waals surface area contributed by atoms with Gasteiger partial charge in [-0.1, -0.05) is 0 Å². The molecule has 0 aliphatic heterocycles. The number of hydrogen-bond donors (Lipinski definition) is 4. The Morgan fingerprint density at radius 2 is 2.19 bits per heavy atom. The zero-order valence-electron chi connectivity index (χ0n) is 8.68. The van der Waals surface area contributed by atoms with E-state index in [0.29, 0.717) is 17.5 Å². The number of nitrogens with two attached hydrogens (primary N) is 2. The number of H-pyrrole nitrogens is 1. The maximum absolute atomic E-state index is 5.55. The van der Waals surface area contributed by atoms with Crippen molar-refractivity contribution in [2.75, 3.05) is 16.8 Å². The van der Waals surface area contributed by atoms with E-state index in [1.165, 1.54) is 6.33 Å². The maximum atomic E-state index is 5.55. The molecule has 6 N–H and O–H groups in total. The van der Waals surface area contributed by atoms with Gasteiger partial charge in [0.05, 0.1) is 6.04 Å². The van der Waals surface area contributed by atoms with Crippen molar-refractivity contribution in [1.82, 2.24) is 25.1 Å². The first kappa shape index (κ1) is 10.1. The third kappa shape index (κ3) is 2.16. The summed E-state index contributed by atoms with van der Waals surface area (Å²) in [4.78, 5) is 11.8. The van der Waals surface area contributed by atoms with E-state index in [2.05, 4.69) is 30.5 Å². The van der Waals surface area contributed by atoms with Crippen molar-refractivity contribution in [2.45, 2.75) is 13.0 Å². The van der Waals surface area contributed by atoms with Gasteiger partial charge in [-0.05, 0) is 6.92 Å². The van der Waals surface area contributed by atoms with Crippen LogP contribution in [0.15, 0.2) is 12.4 Å². The number of nitrogens with one attached hydrogen (secondary N) is 2. The van der Waals surface area contributed by atoms with E-state index in [-0.39, 0.29) is 12.0 Å². The Balaban J connectivity index is 2.15. The van der Waals surface area contributed by atoms with Crippen LogP contribution in [-0.2, 0) is 0 Å². The Morgan fingerprint density at radius 3 is 2.81 bits per heavy atom. The van der Waals surface area contributed by atoms with E-state index in [1.807, 2.05) is 6.92 Å². The predicted molar refractivity (Wildman–Crippen MR) is 59.3 cm³/mol. The van der Waals surface area contributed by atoms with Gasteiger partial charge in [0.15, 0.2) is 0 Å². The topological polar surface area (TPSA) is 131 Å². The van der Waals surface area contributed by atoms with Gasteiger partial charge in [0.1, 0.15) is 23.8 Å². The highest BCUT2D eigenvalue weighted by Gasteiger charge is 2.09. The fraction of sp³-hybridized carbons (Fsp3) is 0.250. The van der Waals surface area contributed by atoms with Crippen LogP contribution in [0.2, 0.25) is 0 Å². The lowest BCUT2D eigenvalue weighted by Crippen LogP contribution is -2.11. The lowest BCUT2D eigenvalue weighted by molar-refractivity contribution is 0.790. The summed E-state index contributed by atoms with van der Waals surface area (Å²) in [7, 11) is 0. The number of nitrogens with zero attached hydrogens (tertiary/aromatic N) is 4. The molecular weight excluding hydrogens is 208 g/mol. The SMILES string of the molecule is CC(Nc1cc(N)nc(N)n1)c1ncn[nH]1. The normalized spacial score (nSPS) is 12.3.